The maximum atomic E-state index is 13.1. The van der Waals surface area contributed by atoms with Gasteiger partial charge in [-0.2, -0.15) is 0 Å². The number of methoxy groups -OCH3 is 1. The summed E-state index contributed by atoms with van der Waals surface area (Å²) >= 11 is 0. The van der Waals surface area contributed by atoms with Gasteiger partial charge in [-0.1, -0.05) is 30.3 Å². The molecule has 1 aromatic carbocycles. The highest BCUT2D eigenvalue weighted by molar-refractivity contribution is 5.94. The Labute approximate surface area is 159 Å². The largest absolute Gasteiger partial charge is 0.385 e. The number of piperidine rings is 1. The third kappa shape index (κ3) is 3.74. The van der Waals surface area contributed by atoms with E-state index in [0.29, 0.717) is 12.2 Å². The van der Waals surface area contributed by atoms with E-state index in [1.165, 1.54) is 6.42 Å². The molecule has 1 aliphatic heterocycles. The number of rotatable bonds is 5. The second-order valence-corrected chi connectivity index (χ2v) is 7.11. The first-order chi connectivity index (χ1) is 13.3. The summed E-state index contributed by atoms with van der Waals surface area (Å²) in [7, 11) is 1.71. The van der Waals surface area contributed by atoms with Gasteiger partial charge in [-0.05, 0) is 37.8 Å². The Morgan fingerprint density at radius 2 is 2.00 bits per heavy atom. The third-order valence-corrected chi connectivity index (χ3v) is 5.31. The molecule has 0 N–H and O–H groups in total. The molecule has 0 radical (unpaired) electrons. The Kier molecular flexibility index (Phi) is 5.21. The molecular formula is C22H25N3O2. The van der Waals surface area contributed by atoms with Crippen molar-refractivity contribution in [3.8, 4) is 11.3 Å². The second-order valence-electron chi connectivity index (χ2n) is 7.11. The van der Waals surface area contributed by atoms with Crippen LogP contribution in [-0.2, 0) is 4.74 Å². The van der Waals surface area contributed by atoms with Gasteiger partial charge in [0, 0.05) is 44.3 Å². The zero-order valence-electron chi connectivity index (χ0n) is 15.7. The zero-order chi connectivity index (χ0) is 18.6. The average Bonchev–Trinajstić information content (AvgIpc) is 3.16. The minimum atomic E-state index is 0.104. The number of aromatic nitrogens is 2. The lowest BCUT2D eigenvalue weighted by Crippen LogP contribution is -2.44. The number of benzene rings is 1. The first-order valence-corrected chi connectivity index (χ1v) is 9.60. The summed E-state index contributed by atoms with van der Waals surface area (Å²) < 4.78 is 7.18. The van der Waals surface area contributed by atoms with E-state index in [0.717, 1.165) is 42.7 Å². The standard InChI is InChI=1S/C22H25N3O2/c1-27-14-12-19-9-5-6-13-25(19)22(26)18-10-11-21-23-20(16-24(21)15-18)17-7-3-2-4-8-17/h2-4,7-8,10-11,15-16,19H,5-6,9,12-14H2,1H3/t19-/m0/s1. The fourth-order valence-corrected chi connectivity index (χ4v) is 3.85. The van der Waals surface area contributed by atoms with Crippen LogP contribution >= 0.6 is 0 Å². The Bertz CT molecular complexity index is 920. The van der Waals surface area contributed by atoms with Gasteiger partial charge >= 0.3 is 0 Å². The molecular weight excluding hydrogens is 338 g/mol. The van der Waals surface area contributed by atoms with Gasteiger partial charge in [0.25, 0.3) is 5.91 Å². The van der Waals surface area contributed by atoms with Crippen molar-refractivity contribution in [1.29, 1.82) is 0 Å². The van der Waals surface area contributed by atoms with Crippen molar-refractivity contribution in [2.24, 2.45) is 0 Å². The quantitative estimate of drug-likeness (QED) is 0.687. The molecule has 0 spiro atoms. The van der Waals surface area contributed by atoms with E-state index in [1.807, 2.05) is 64.2 Å². The molecule has 0 bridgehead atoms. The van der Waals surface area contributed by atoms with E-state index in [2.05, 4.69) is 4.98 Å². The van der Waals surface area contributed by atoms with E-state index >= 15 is 0 Å². The third-order valence-electron chi connectivity index (χ3n) is 5.31. The van der Waals surface area contributed by atoms with Crippen molar-refractivity contribution >= 4 is 11.6 Å². The SMILES string of the molecule is COCC[C@@H]1CCCCN1C(=O)c1ccc2nc(-c3ccccc3)cn2c1. The Balaban J connectivity index is 1.60. The van der Waals surface area contributed by atoms with Crippen molar-refractivity contribution in [2.45, 2.75) is 31.7 Å². The predicted molar refractivity (Wildman–Crippen MR) is 106 cm³/mol. The number of carbonyl (C=O) groups is 1. The summed E-state index contributed by atoms with van der Waals surface area (Å²) in [6.07, 6.45) is 8.09. The lowest BCUT2D eigenvalue weighted by molar-refractivity contribution is 0.0552. The molecule has 0 unspecified atom stereocenters. The van der Waals surface area contributed by atoms with Gasteiger partial charge in [-0.3, -0.25) is 4.79 Å². The molecule has 2 aromatic heterocycles. The van der Waals surface area contributed by atoms with Crippen molar-refractivity contribution in [3.05, 3.63) is 60.4 Å². The zero-order valence-corrected chi connectivity index (χ0v) is 15.7. The van der Waals surface area contributed by atoms with Gasteiger partial charge in [0.15, 0.2) is 0 Å². The number of carbonyl (C=O) groups excluding carboxylic acids is 1. The number of nitrogens with zero attached hydrogens (tertiary/aromatic N) is 3. The predicted octanol–water partition coefficient (Wildman–Crippen LogP) is 4.03. The van der Waals surface area contributed by atoms with Crippen LogP contribution in [0.2, 0.25) is 0 Å². The number of fused-ring (bicyclic) bond motifs is 1. The van der Waals surface area contributed by atoms with Gasteiger partial charge in [-0.15, -0.1) is 0 Å². The van der Waals surface area contributed by atoms with Crippen molar-refractivity contribution in [2.75, 3.05) is 20.3 Å². The molecule has 27 heavy (non-hydrogen) atoms. The van der Waals surface area contributed by atoms with Gasteiger partial charge in [0.2, 0.25) is 0 Å². The van der Waals surface area contributed by atoms with E-state index in [-0.39, 0.29) is 11.9 Å². The van der Waals surface area contributed by atoms with Crippen molar-refractivity contribution in [3.63, 3.8) is 0 Å². The van der Waals surface area contributed by atoms with Crippen molar-refractivity contribution < 1.29 is 9.53 Å². The molecule has 1 amide bonds. The smallest absolute Gasteiger partial charge is 0.255 e. The topological polar surface area (TPSA) is 46.8 Å². The highest BCUT2D eigenvalue weighted by Crippen LogP contribution is 2.23. The van der Waals surface area contributed by atoms with Gasteiger partial charge in [-0.25, -0.2) is 4.98 Å². The molecule has 5 heteroatoms. The summed E-state index contributed by atoms with van der Waals surface area (Å²) in [4.78, 5) is 19.8. The molecule has 4 rings (SSSR count). The Morgan fingerprint density at radius 3 is 2.81 bits per heavy atom. The van der Waals surface area contributed by atoms with Crippen molar-refractivity contribution in [1.82, 2.24) is 14.3 Å². The first-order valence-electron chi connectivity index (χ1n) is 9.60. The molecule has 1 aliphatic rings. The number of hydrogen-bond acceptors (Lipinski definition) is 3. The fraction of sp³-hybridized carbons (Fsp3) is 0.364. The van der Waals surface area contributed by atoms with Crippen LogP contribution < -0.4 is 0 Å². The molecule has 140 valence electrons. The molecule has 0 saturated carbocycles. The summed E-state index contributed by atoms with van der Waals surface area (Å²) in [6.45, 7) is 1.51. The number of imidazole rings is 1. The van der Waals surface area contributed by atoms with Crippen LogP contribution in [0.3, 0.4) is 0 Å². The number of pyridine rings is 1. The molecule has 0 aliphatic carbocycles. The summed E-state index contributed by atoms with van der Waals surface area (Å²) in [5, 5.41) is 0. The van der Waals surface area contributed by atoms with E-state index in [4.69, 9.17) is 4.74 Å². The molecule has 5 nitrogen and oxygen atoms in total. The lowest BCUT2D eigenvalue weighted by atomic mass is 9.98. The fourth-order valence-electron chi connectivity index (χ4n) is 3.85. The van der Waals surface area contributed by atoms with Gasteiger partial charge in [0.05, 0.1) is 11.3 Å². The minimum absolute atomic E-state index is 0.104. The molecule has 1 saturated heterocycles. The highest BCUT2D eigenvalue weighted by atomic mass is 16.5. The lowest BCUT2D eigenvalue weighted by Gasteiger charge is -2.35. The van der Waals surface area contributed by atoms with Gasteiger partial charge in [0.1, 0.15) is 5.65 Å². The van der Waals surface area contributed by atoms with E-state index < -0.39 is 0 Å². The van der Waals surface area contributed by atoms with Crippen LogP contribution in [0.15, 0.2) is 54.9 Å². The first kappa shape index (κ1) is 17.7. The highest BCUT2D eigenvalue weighted by Gasteiger charge is 2.27. The van der Waals surface area contributed by atoms with E-state index in [9.17, 15) is 4.79 Å². The van der Waals surface area contributed by atoms with Crippen LogP contribution in [0.4, 0.5) is 0 Å². The monoisotopic (exact) mass is 363 g/mol. The number of ether oxygens (including phenoxy) is 1. The second kappa shape index (κ2) is 7.92. The maximum absolute atomic E-state index is 13.1. The number of amides is 1. The summed E-state index contributed by atoms with van der Waals surface area (Å²) in [6, 6.07) is 14.2. The van der Waals surface area contributed by atoms with Crippen LogP contribution in [0.5, 0.6) is 0 Å². The summed E-state index contributed by atoms with van der Waals surface area (Å²) in [5.74, 6) is 0.104. The van der Waals surface area contributed by atoms with E-state index in [1.54, 1.807) is 7.11 Å². The maximum Gasteiger partial charge on any atom is 0.255 e. The molecule has 3 heterocycles. The molecule has 1 atom stereocenters. The summed E-state index contributed by atoms with van der Waals surface area (Å²) in [5.41, 5.74) is 3.55. The average molecular weight is 363 g/mol. The normalized spacial score (nSPS) is 17.4. The molecule has 3 aromatic rings. The van der Waals surface area contributed by atoms with Gasteiger partial charge < -0.3 is 14.0 Å². The van der Waals surface area contributed by atoms with Crippen LogP contribution in [0.1, 0.15) is 36.0 Å². The Morgan fingerprint density at radius 1 is 1.15 bits per heavy atom. The van der Waals surface area contributed by atoms with Crippen LogP contribution in [0.25, 0.3) is 16.9 Å². The number of hydrogen-bond donors (Lipinski definition) is 0. The molecule has 1 fully saturated rings. The van der Waals surface area contributed by atoms with Crippen LogP contribution in [-0.4, -0.2) is 46.5 Å². The minimum Gasteiger partial charge on any atom is -0.385 e. The van der Waals surface area contributed by atoms with Crippen LogP contribution in [0, 0.1) is 0 Å². The Hall–Kier alpha value is -2.66. The number of likely N-dealkylation sites (tertiary alicyclic amines) is 1.